The summed E-state index contributed by atoms with van der Waals surface area (Å²) in [5.74, 6) is -2.98. The number of alkyl halides is 6. The van der Waals surface area contributed by atoms with Crippen LogP contribution in [0, 0.1) is 0 Å². The van der Waals surface area contributed by atoms with Crippen molar-refractivity contribution < 1.29 is 45.5 Å². The molecule has 4 amide bonds. The summed E-state index contributed by atoms with van der Waals surface area (Å²) in [6, 6.07) is 18.4. The van der Waals surface area contributed by atoms with Crippen molar-refractivity contribution in [3.8, 4) is 11.1 Å². The summed E-state index contributed by atoms with van der Waals surface area (Å²) >= 11 is 0. The molecule has 56 heavy (non-hydrogen) atoms. The fourth-order valence-electron chi connectivity index (χ4n) is 8.52. The van der Waals surface area contributed by atoms with Crippen LogP contribution in [0.15, 0.2) is 84.9 Å². The van der Waals surface area contributed by atoms with E-state index in [1.807, 2.05) is 0 Å². The van der Waals surface area contributed by atoms with Crippen LogP contribution in [0.3, 0.4) is 0 Å². The van der Waals surface area contributed by atoms with E-state index >= 15 is 0 Å². The molecule has 0 bridgehead atoms. The summed E-state index contributed by atoms with van der Waals surface area (Å²) in [6.07, 6.45) is -10.1. The summed E-state index contributed by atoms with van der Waals surface area (Å²) in [6.45, 7) is 6.85. The van der Waals surface area contributed by atoms with E-state index in [9.17, 15) is 45.5 Å². The van der Waals surface area contributed by atoms with Crippen LogP contribution in [0.5, 0.6) is 0 Å². The zero-order chi connectivity index (χ0) is 39.9. The highest BCUT2D eigenvalue weighted by molar-refractivity contribution is 6.43. The minimum atomic E-state index is -5.16. The fourth-order valence-corrected chi connectivity index (χ4v) is 8.52. The predicted octanol–water partition coefficient (Wildman–Crippen LogP) is 11.4. The molecule has 280 valence electrons. The first-order valence-electron chi connectivity index (χ1n) is 17.8. The Morgan fingerprint density at radius 3 is 1.21 bits per heavy atom. The number of imide groups is 2. The molecule has 0 atom stereocenters. The minimum Gasteiger partial charge on any atom is -0.272 e. The molecule has 2 aliphatic heterocycles. The van der Waals surface area contributed by atoms with Gasteiger partial charge in [0.05, 0.1) is 16.8 Å². The zero-order valence-electron chi connectivity index (χ0n) is 30.0. The van der Waals surface area contributed by atoms with Crippen molar-refractivity contribution >= 4 is 72.4 Å². The summed E-state index contributed by atoms with van der Waals surface area (Å²) in [4.78, 5) is 57.5. The number of hydrogen-bond donors (Lipinski definition) is 0. The number of amides is 4. The Bertz CT molecular complexity index is 2820. The second-order valence-corrected chi connectivity index (χ2v) is 14.8. The first-order valence-corrected chi connectivity index (χ1v) is 17.8. The molecular weight excluding hydrogens is 734 g/mol. The van der Waals surface area contributed by atoms with Gasteiger partial charge in [0.1, 0.15) is 0 Å². The van der Waals surface area contributed by atoms with Crippen LogP contribution in [0.2, 0.25) is 0 Å². The van der Waals surface area contributed by atoms with E-state index in [0.29, 0.717) is 65.4 Å². The van der Waals surface area contributed by atoms with Crippen LogP contribution < -0.4 is 4.90 Å². The fraction of sp³-hybridized carbons (Fsp3) is 0.182. The molecule has 0 aromatic heterocycles. The highest BCUT2D eigenvalue weighted by Crippen LogP contribution is 2.49. The third-order valence-corrected chi connectivity index (χ3v) is 11.1. The second-order valence-electron chi connectivity index (χ2n) is 14.8. The average molecular weight is 763 g/mol. The van der Waals surface area contributed by atoms with E-state index in [-0.39, 0.29) is 28.5 Å². The van der Waals surface area contributed by atoms with Gasteiger partial charge in [-0.05, 0) is 111 Å². The van der Waals surface area contributed by atoms with E-state index in [1.165, 1.54) is 23.1 Å². The van der Waals surface area contributed by atoms with E-state index in [1.54, 1.807) is 64.1 Å². The van der Waals surface area contributed by atoms with Gasteiger partial charge in [0.25, 0.3) is 23.6 Å². The molecule has 0 saturated carbocycles. The Morgan fingerprint density at radius 2 is 0.821 bits per heavy atom. The van der Waals surface area contributed by atoms with Gasteiger partial charge in [-0.15, -0.1) is 0 Å². The van der Waals surface area contributed by atoms with Crippen LogP contribution in [0.1, 0.15) is 91.7 Å². The molecule has 6 nitrogen and oxygen atoms in total. The summed E-state index contributed by atoms with van der Waals surface area (Å²) in [5, 5.41) is 4.61. The molecule has 9 rings (SSSR count). The highest BCUT2D eigenvalue weighted by atomic mass is 19.4. The number of rotatable bonds is 4. The number of nitrogens with zero attached hydrogens (tertiary/aromatic N) is 2. The number of carbonyl (C=O) groups is 4. The lowest BCUT2D eigenvalue weighted by Crippen LogP contribution is -2.44. The lowest BCUT2D eigenvalue weighted by molar-refractivity contribution is -0.139. The van der Waals surface area contributed by atoms with Crippen LogP contribution >= 0.6 is 0 Å². The molecule has 12 heteroatoms. The molecule has 0 unspecified atom stereocenters. The number of halogens is 6. The van der Waals surface area contributed by atoms with Gasteiger partial charge in [0.2, 0.25) is 0 Å². The van der Waals surface area contributed by atoms with Crippen LogP contribution in [0.25, 0.3) is 54.2 Å². The SMILES string of the molecule is CC(C)c1ccc(-c2ccc(N3C(=O)c4ccc5c6ccc7c8c(ccc(c9ccc(c4c59)C3=O)c86)C(=O)N(C(C)C)C7=O)cc2C(F)(F)F)c(C(F)(F)F)c1. The van der Waals surface area contributed by atoms with Crippen molar-refractivity contribution in [2.75, 3.05) is 4.90 Å². The van der Waals surface area contributed by atoms with Crippen LogP contribution in [-0.4, -0.2) is 34.6 Å². The highest BCUT2D eigenvalue weighted by Gasteiger charge is 2.42. The number of anilines is 1. The number of carbonyl (C=O) groups excluding carboxylic acids is 4. The topological polar surface area (TPSA) is 74.8 Å². The van der Waals surface area contributed by atoms with Gasteiger partial charge >= 0.3 is 12.4 Å². The predicted molar refractivity (Wildman–Crippen MR) is 200 cm³/mol. The molecular formula is C44H28F6N2O4. The van der Waals surface area contributed by atoms with Crippen molar-refractivity contribution in [2.45, 2.75) is 52.0 Å². The Kier molecular flexibility index (Phi) is 7.34. The second kappa shape index (κ2) is 11.6. The lowest BCUT2D eigenvalue weighted by atomic mass is 9.82. The Morgan fingerprint density at radius 1 is 0.446 bits per heavy atom. The first kappa shape index (κ1) is 35.4. The third kappa shape index (κ3) is 4.77. The van der Waals surface area contributed by atoms with E-state index in [4.69, 9.17) is 0 Å². The molecule has 2 heterocycles. The molecule has 7 aromatic rings. The van der Waals surface area contributed by atoms with Gasteiger partial charge in [0, 0.05) is 39.1 Å². The number of fused-ring (bicyclic) bond motifs is 2. The molecule has 7 aromatic carbocycles. The maximum atomic E-state index is 14.7. The maximum Gasteiger partial charge on any atom is 0.417 e. The lowest BCUT2D eigenvalue weighted by Gasteiger charge is -2.31. The summed E-state index contributed by atoms with van der Waals surface area (Å²) < 4.78 is 87.1. The van der Waals surface area contributed by atoms with E-state index in [0.717, 1.165) is 24.3 Å². The van der Waals surface area contributed by atoms with Gasteiger partial charge in [-0.25, -0.2) is 4.90 Å². The standard InChI is InChI=1S/C44H28F6N2O4/c1-19(2)21-5-7-23(33(17-21)43(45,46)47)24-8-6-22(18-34(24)44(48,49)50)52-41(55)31-15-11-27-25-9-13-29-37-30(40(54)51(20(3)4)39(29)53)14-10-26(35(25)37)28-12-16-32(42(52)56)38(31)36(27)28/h5-20H,1-4H3. The smallest absolute Gasteiger partial charge is 0.272 e. The molecule has 2 aliphatic rings. The van der Waals surface area contributed by atoms with Crippen molar-refractivity contribution in [3.63, 3.8) is 0 Å². The summed E-state index contributed by atoms with van der Waals surface area (Å²) in [5.41, 5.74) is -3.48. The van der Waals surface area contributed by atoms with Crippen molar-refractivity contribution in [1.29, 1.82) is 0 Å². The van der Waals surface area contributed by atoms with Crippen LogP contribution in [-0.2, 0) is 12.4 Å². The van der Waals surface area contributed by atoms with Crippen LogP contribution in [0.4, 0.5) is 32.0 Å². The normalized spacial score (nSPS) is 15.0. The number of hydrogen-bond acceptors (Lipinski definition) is 4. The van der Waals surface area contributed by atoms with Gasteiger partial charge in [0.15, 0.2) is 0 Å². The minimum absolute atomic E-state index is 0.0356. The molecule has 0 saturated heterocycles. The Labute approximate surface area is 314 Å². The zero-order valence-corrected chi connectivity index (χ0v) is 30.0. The molecule has 0 aliphatic carbocycles. The van der Waals surface area contributed by atoms with Gasteiger partial charge < -0.3 is 0 Å². The molecule has 0 N–H and O–H groups in total. The molecule has 0 radical (unpaired) electrons. The molecule has 0 fully saturated rings. The van der Waals surface area contributed by atoms with Gasteiger partial charge in [-0.1, -0.05) is 56.3 Å². The number of benzene rings is 7. The Hall–Kier alpha value is -6.30. The largest absolute Gasteiger partial charge is 0.417 e. The van der Waals surface area contributed by atoms with Crippen molar-refractivity contribution in [1.82, 2.24) is 4.90 Å². The van der Waals surface area contributed by atoms with Gasteiger partial charge in [-0.3, -0.25) is 24.1 Å². The Balaban J connectivity index is 1.22. The van der Waals surface area contributed by atoms with E-state index in [2.05, 4.69) is 0 Å². The third-order valence-electron chi connectivity index (χ3n) is 11.1. The van der Waals surface area contributed by atoms with Gasteiger partial charge in [-0.2, -0.15) is 26.3 Å². The monoisotopic (exact) mass is 762 g/mol. The first-order chi connectivity index (χ1) is 26.4. The average Bonchev–Trinajstić information content (AvgIpc) is 3.14. The maximum absolute atomic E-state index is 14.7. The molecule has 0 spiro atoms. The van der Waals surface area contributed by atoms with Crippen molar-refractivity contribution in [2.24, 2.45) is 0 Å². The summed E-state index contributed by atoms with van der Waals surface area (Å²) in [7, 11) is 0. The quantitative estimate of drug-likeness (QED) is 0.0774. The van der Waals surface area contributed by atoms with Crippen molar-refractivity contribution in [3.05, 3.63) is 124 Å². The van der Waals surface area contributed by atoms with E-state index < -0.39 is 63.9 Å².